The van der Waals surface area contributed by atoms with Gasteiger partial charge < -0.3 is 14.9 Å². The highest BCUT2D eigenvalue weighted by Crippen LogP contribution is 2.37. The first kappa shape index (κ1) is 21.5. The summed E-state index contributed by atoms with van der Waals surface area (Å²) in [6, 6.07) is 16.2. The number of nitrogens with two attached hydrogens (primary N) is 1. The van der Waals surface area contributed by atoms with Crippen LogP contribution in [0.1, 0.15) is 23.2 Å². The molecule has 0 aliphatic carbocycles. The predicted molar refractivity (Wildman–Crippen MR) is 133 cm³/mol. The number of carbonyl (C=O) groups is 2. The molecule has 6 rings (SSSR count). The Morgan fingerprint density at radius 2 is 1.82 bits per heavy atom. The maximum Gasteiger partial charge on any atom is 0.259 e. The Morgan fingerprint density at radius 1 is 1.03 bits per heavy atom. The first-order valence-electron chi connectivity index (χ1n) is 11.0. The summed E-state index contributed by atoms with van der Waals surface area (Å²) in [5.41, 5.74) is 11.8. The molecule has 0 fully saturated rings. The minimum atomic E-state index is -0.343. The SMILES string of the molecule is Cl.Cn1cc(C2=C(c3ccc4cc5n(c4c3)CCC(CN)C5)C(=O)NC2=O)c2ccccc21. The lowest BCUT2D eigenvalue weighted by molar-refractivity contribution is -0.122. The molecule has 0 bridgehead atoms. The van der Waals surface area contributed by atoms with Crippen molar-refractivity contribution in [2.24, 2.45) is 18.7 Å². The molecule has 3 N–H and O–H groups in total. The number of aryl methyl sites for hydroxylation is 2. The van der Waals surface area contributed by atoms with Crippen molar-refractivity contribution in [2.75, 3.05) is 6.54 Å². The van der Waals surface area contributed by atoms with E-state index in [4.69, 9.17) is 5.73 Å². The Hall–Kier alpha value is -3.35. The van der Waals surface area contributed by atoms with E-state index < -0.39 is 0 Å². The van der Waals surface area contributed by atoms with Crippen LogP contribution in [-0.4, -0.2) is 27.5 Å². The highest BCUT2D eigenvalue weighted by molar-refractivity contribution is 6.50. The standard InChI is InChI=1S/C26H24N4O2.ClH/c1-29-14-20(19-4-2-3-5-21(19)29)24-23(25(31)28-26(24)32)17-7-6-16-11-18-10-15(13-27)8-9-30(18)22(16)12-17;/h2-7,11-12,14-15H,8-10,13,27H2,1H3,(H,28,31,32);1H. The second-order valence-electron chi connectivity index (χ2n) is 8.86. The molecule has 7 heteroatoms. The summed E-state index contributed by atoms with van der Waals surface area (Å²) in [5.74, 6) is -0.166. The van der Waals surface area contributed by atoms with Gasteiger partial charge in [-0.3, -0.25) is 14.9 Å². The number of fused-ring (bicyclic) bond motifs is 4. The third-order valence-corrected chi connectivity index (χ3v) is 6.97. The molecule has 2 aromatic heterocycles. The van der Waals surface area contributed by atoms with Crippen LogP contribution < -0.4 is 11.1 Å². The van der Waals surface area contributed by atoms with Gasteiger partial charge in [0.2, 0.25) is 0 Å². The zero-order valence-corrected chi connectivity index (χ0v) is 19.1. The molecule has 6 nitrogen and oxygen atoms in total. The Morgan fingerprint density at radius 3 is 2.64 bits per heavy atom. The van der Waals surface area contributed by atoms with Crippen LogP contribution in [0.5, 0.6) is 0 Å². The van der Waals surface area contributed by atoms with Crippen molar-refractivity contribution < 1.29 is 9.59 Å². The molecule has 0 radical (unpaired) electrons. The van der Waals surface area contributed by atoms with Crippen molar-refractivity contribution in [3.05, 3.63) is 71.5 Å². The van der Waals surface area contributed by atoms with Crippen LogP contribution in [-0.2, 0) is 29.6 Å². The Kier molecular flexibility index (Phi) is 5.15. The number of hydrogen-bond donors (Lipinski definition) is 2. The lowest BCUT2D eigenvalue weighted by Crippen LogP contribution is -2.24. The number of nitrogens with zero attached hydrogens (tertiary/aromatic N) is 2. The highest BCUT2D eigenvalue weighted by atomic mass is 35.5. The van der Waals surface area contributed by atoms with E-state index in [1.54, 1.807) is 0 Å². The third-order valence-electron chi connectivity index (χ3n) is 6.97. The monoisotopic (exact) mass is 460 g/mol. The van der Waals surface area contributed by atoms with Crippen molar-refractivity contribution in [1.82, 2.24) is 14.5 Å². The van der Waals surface area contributed by atoms with Gasteiger partial charge in [0.05, 0.1) is 11.1 Å². The number of carbonyl (C=O) groups excluding carboxylic acids is 2. The van der Waals surface area contributed by atoms with E-state index in [-0.39, 0.29) is 24.2 Å². The first-order valence-corrected chi connectivity index (χ1v) is 11.0. The quantitative estimate of drug-likeness (QED) is 0.458. The van der Waals surface area contributed by atoms with E-state index in [1.807, 2.05) is 48.1 Å². The van der Waals surface area contributed by atoms with E-state index in [9.17, 15) is 9.59 Å². The van der Waals surface area contributed by atoms with E-state index >= 15 is 0 Å². The summed E-state index contributed by atoms with van der Waals surface area (Å²) in [6.07, 6.45) is 3.96. The van der Waals surface area contributed by atoms with Crippen LogP contribution in [0.3, 0.4) is 0 Å². The van der Waals surface area contributed by atoms with Crippen LogP contribution in [0.2, 0.25) is 0 Å². The Labute approximate surface area is 197 Å². The fraction of sp³-hybridized carbons (Fsp3) is 0.231. The summed E-state index contributed by atoms with van der Waals surface area (Å²) >= 11 is 0. The van der Waals surface area contributed by atoms with Crippen molar-refractivity contribution in [3.63, 3.8) is 0 Å². The number of nitrogens with one attached hydrogen (secondary N) is 1. The number of benzene rings is 2. The molecule has 0 spiro atoms. The number of amides is 2. The van der Waals surface area contributed by atoms with Gasteiger partial charge in [0.25, 0.3) is 11.8 Å². The second kappa shape index (κ2) is 7.90. The summed E-state index contributed by atoms with van der Waals surface area (Å²) < 4.78 is 4.32. The van der Waals surface area contributed by atoms with Crippen molar-refractivity contribution in [1.29, 1.82) is 0 Å². The van der Waals surface area contributed by atoms with Crippen LogP contribution in [0.4, 0.5) is 0 Å². The van der Waals surface area contributed by atoms with Crippen LogP contribution in [0.25, 0.3) is 33.0 Å². The summed E-state index contributed by atoms with van der Waals surface area (Å²) in [7, 11) is 1.95. The Bertz CT molecular complexity index is 1480. The smallest absolute Gasteiger partial charge is 0.259 e. The van der Waals surface area contributed by atoms with Gasteiger partial charge in [0, 0.05) is 47.5 Å². The van der Waals surface area contributed by atoms with Crippen LogP contribution in [0.15, 0.2) is 54.7 Å². The number of rotatable bonds is 3. The molecule has 4 heterocycles. The van der Waals surface area contributed by atoms with E-state index in [0.29, 0.717) is 23.6 Å². The molecule has 33 heavy (non-hydrogen) atoms. The molecular formula is C26H25ClN4O2. The largest absolute Gasteiger partial charge is 0.350 e. The van der Waals surface area contributed by atoms with Crippen molar-refractivity contribution in [2.45, 2.75) is 19.4 Å². The van der Waals surface area contributed by atoms with Crippen LogP contribution in [0, 0.1) is 5.92 Å². The maximum atomic E-state index is 12.9. The molecule has 4 aromatic rings. The molecule has 2 aromatic carbocycles. The van der Waals surface area contributed by atoms with E-state index in [1.165, 1.54) is 5.69 Å². The van der Waals surface area contributed by atoms with Crippen LogP contribution >= 0.6 is 12.4 Å². The molecule has 1 atom stereocenters. The predicted octanol–water partition coefficient (Wildman–Crippen LogP) is 3.64. The zero-order valence-electron chi connectivity index (χ0n) is 18.3. The number of halogens is 1. The first-order chi connectivity index (χ1) is 15.5. The molecule has 1 unspecified atom stereocenters. The van der Waals surface area contributed by atoms with Gasteiger partial charge in [0.15, 0.2) is 0 Å². The van der Waals surface area contributed by atoms with Gasteiger partial charge in [-0.1, -0.05) is 30.3 Å². The molecular weight excluding hydrogens is 436 g/mol. The fourth-order valence-electron chi connectivity index (χ4n) is 5.34. The minimum absolute atomic E-state index is 0. The van der Waals surface area contributed by atoms with E-state index in [2.05, 4.69) is 28.1 Å². The highest BCUT2D eigenvalue weighted by Gasteiger charge is 2.34. The summed E-state index contributed by atoms with van der Waals surface area (Å²) in [5, 5.41) is 4.63. The lowest BCUT2D eigenvalue weighted by atomic mass is 9.95. The number of aromatic nitrogens is 2. The molecule has 2 aliphatic heterocycles. The maximum absolute atomic E-state index is 12.9. The molecule has 0 saturated heterocycles. The Balaban J connectivity index is 0.00000228. The number of imide groups is 1. The van der Waals surface area contributed by atoms with Gasteiger partial charge >= 0.3 is 0 Å². The number of para-hydroxylation sites is 1. The van der Waals surface area contributed by atoms with Crippen molar-refractivity contribution in [3.8, 4) is 0 Å². The fourth-order valence-corrected chi connectivity index (χ4v) is 5.34. The van der Waals surface area contributed by atoms with Gasteiger partial charge in [-0.05, 0) is 54.5 Å². The minimum Gasteiger partial charge on any atom is -0.350 e. The second-order valence-corrected chi connectivity index (χ2v) is 8.86. The average molecular weight is 461 g/mol. The van der Waals surface area contributed by atoms with Gasteiger partial charge in [-0.15, -0.1) is 12.4 Å². The van der Waals surface area contributed by atoms with E-state index in [0.717, 1.165) is 52.3 Å². The molecule has 168 valence electrons. The molecule has 2 aliphatic rings. The normalized spacial score (nSPS) is 18.1. The van der Waals surface area contributed by atoms with Crippen molar-refractivity contribution >= 4 is 57.2 Å². The number of hydrogen-bond acceptors (Lipinski definition) is 3. The zero-order chi connectivity index (χ0) is 22.0. The summed E-state index contributed by atoms with van der Waals surface area (Å²) in [4.78, 5) is 25.9. The average Bonchev–Trinajstić information content (AvgIpc) is 3.43. The summed E-state index contributed by atoms with van der Waals surface area (Å²) in [6.45, 7) is 1.63. The van der Waals surface area contributed by atoms with Gasteiger partial charge in [-0.25, -0.2) is 0 Å². The third kappa shape index (κ3) is 3.21. The van der Waals surface area contributed by atoms with Gasteiger partial charge in [-0.2, -0.15) is 0 Å². The molecule has 2 amide bonds. The topological polar surface area (TPSA) is 82.0 Å². The van der Waals surface area contributed by atoms with Gasteiger partial charge in [0.1, 0.15) is 0 Å². The molecule has 0 saturated carbocycles. The lowest BCUT2D eigenvalue weighted by Gasteiger charge is -2.23.